The number of nitrogens with one attached hydrogen (secondary N) is 1. The summed E-state index contributed by atoms with van der Waals surface area (Å²) in [4.78, 5) is 0. The Hall–Kier alpha value is -0.340. The van der Waals surface area contributed by atoms with E-state index in [0.29, 0.717) is 51.1 Å². The molecule has 0 bridgehead atoms. The van der Waals surface area contributed by atoms with Crippen LogP contribution in [0.1, 0.15) is 0 Å². The third-order valence-corrected chi connectivity index (χ3v) is 4.65. The number of rotatable bonds is 0. The third-order valence-electron chi connectivity index (χ3n) is 2.80. The Morgan fingerprint density at radius 3 is 1.67 bits per heavy atom. The van der Waals surface area contributed by atoms with E-state index < -0.39 is 0 Å². The molecule has 1 heterocycles. The Morgan fingerprint density at radius 2 is 1.19 bits per heavy atom. The molecule has 21 heavy (non-hydrogen) atoms. The fraction of sp³-hybridized carbons (Fsp3) is 0.571. The van der Waals surface area contributed by atoms with E-state index in [0.717, 1.165) is 22.0 Å². The lowest BCUT2D eigenvalue weighted by Crippen LogP contribution is -2.25. The van der Waals surface area contributed by atoms with Crippen LogP contribution in [0.4, 0.5) is 0 Å². The minimum absolute atomic E-state index is 0.487. The summed E-state index contributed by atoms with van der Waals surface area (Å²) in [5, 5.41) is 3.24. The Kier molecular flexibility index (Phi) is 7.81. The zero-order valence-electron chi connectivity index (χ0n) is 11.7. The van der Waals surface area contributed by atoms with Gasteiger partial charge in [-0.25, -0.2) is 0 Å². The molecular formula is C14H19Br2NO4. The van der Waals surface area contributed by atoms with E-state index in [1.807, 2.05) is 12.1 Å². The van der Waals surface area contributed by atoms with E-state index in [9.17, 15) is 0 Å². The maximum absolute atomic E-state index is 5.74. The van der Waals surface area contributed by atoms with Gasteiger partial charge in [0, 0.05) is 22.0 Å². The van der Waals surface area contributed by atoms with Gasteiger partial charge in [0.1, 0.15) is 13.2 Å². The van der Waals surface area contributed by atoms with E-state index >= 15 is 0 Å². The van der Waals surface area contributed by atoms with Gasteiger partial charge in [0.05, 0.1) is 26.4 Å². The van der Waals surface area contributed by atoms with Crippen molar-refractivity contribution in [2.45, 2.75) is 0 Å². The number of halogens is 2. The molecular weight excluding hydrogens is 406 g/mol. The van der Waals surface area contributed by atoms with Gasteiger partial charge in [-0.05, 0) is 44.0 Å². The zero-order valence-corrected chi connectivity index (χ0v) is 14.9. The predicted octanol–water partition coefficient (Wildman–Crippen LogP) is 2.61. The second kappa shape index (κ2) is 9.63. The fourth-order valence-corrected chi connectivity index (χ4v) is 2.42. The van der Waals surface area contributed by atoms with Crippen molar-refractivity contribution in [1.82, 2.24) is 5.32 Å². The largest absolute Gasteiger partial charge is 0.487 e. The molecule has 0 aromatic heterocycles. The van der Waals surface area contributed by atoms with Gasteiger partial charge in [0.15, 0.2) is 11.5 Å². The Labute approximate surface area is 141 Å². The van der Waals surface area contributed by atoms with E-state index in [4.69, 9.17) is 18.9 Å². The number of hydrogen-bond donors (Lipinski definition) is 1. The maximum Gasteiger partial charge on any atom is 0.162 e. The van der Waals surface area contributed by atoms with Crippen molar-refractivity contribution in [3.05, 3.63) is 21.1 Å². The molecule has 1 N–H and O–H groups in total. The molecule has 2 rings (SSSR count). The third kappa shape index (κ3) is 6.12. The lowest BCUT2D eigenvalue weighted by molar-refractivity contribution is 0.0975. The minimum atomic E-state index is 0.487. The van der Waals surface area contributed by atoms with Crippen molar-refractivity contribution in [3.63, 3.8) is 0 Å². The van der Waals surface area contributed by atoms with Crippen molar-refractivity contribution in [2.75, 3.05) is 52.7 Å². The smallest absolute Gasteiger partial charge is 0.162 e. The number of ether oxygens (including phenoxy) is 4. The summed E-state index contributed by atoms with van der Waals surface area (Å²) in [6.07, 6.45) is 0. The van der Waals surface area contributed by atoms with Crippen LogP contribution in [0.25, 0.3) is 0 Å². The molecule has 1 aromatic carbocycles. The fourth-order valence-electron chi connectivity index (χ4n) is 1.77. The highest BCUT2D eigenvalue weighted by molar-refractivity contribution is 9.13. The van der Waals surface area contributed by atoms with Gasteiger partial charge < -0.3 is 24.3 Å². The quantitative estimate of drug-likeness (QED) is 0.693. The molecule has 0 spiro atoms. The summed E-state index contributed by atoms with van der Waals surface area (Å²) in [7, 11) is 0. The number of fused-ring (bicyclic) bond motifs is 1. The first-order chi connectivity index (χ1) is 10.3. The molecule has 0 atom stereocenters. The predicted molar refractivity (Wildman–Crippen MR) is 87.3 cm³/mol. The number of hydrogen-bond acceptors (Lipinski definition) is 5. The molecule has 1 aliphatic heterocycles. The monoisotopic (exact) mass is 423 g/mol. The first-order valence-electron chi connectivity index (χ1n) is 6.88. The average molecular weight is 425 g/mol. The molecule has 0 radical (unpaired) electrons. The minimum Gasteiger partial charge on any atom is -0.487 e. The molecule has 0 saturated carbocycles. The van der Waals surface area contributed by atoms with Crippen molar-refractivity contribution < 1.29 is 18.9 Å². The van der Waals surface area contributed by atoms with Gasteiger partial charge in [0.2, 0.25) is 0 Å². The molecule has 0 saturated heterocycles. The summed E-state index contributed by atoms with van der Waals surface area (Å²) in [5.41, 5.74) is 0. The molecule has 0 amide bonds. The van der Waals surface area contributed by atoms with E-state index in [-0.39, 0.29) is 0 Å². The lowest BCUT2D eigenvalue weighted by Gasteiger charge is -2.14. The van der Waals surface area contributed by atoms with Gasteiger partial charge >= 0.3 is 0 Å². The van der Waals surface area contributed by atoms with Crippen molar-refractivity contribution in [1.29, 1.82) is 0 Å². The van der Waals surface area contributed by atoms with Crippen LogP contribution in [0.3, 0.4) is 0 Å². The highest BCUT2D eigenvalue weighted by Crippen LogP contribution is 2.36. The van der Waals surface area contributed by atoms with Gasteiger partial charge in [-0.3, -0.25) is 0 Å². The van der Waals surface area contributed by atoms with Crippen LogP contribution in [-0.4, -0.2) is 52.7 Å². The van der Waals surface area contributed by atoms with Crippen LogP contribution in [0.2, 0.25) is 0 Å². The summed E-state index contributed by atoms with van der Waals surface area (Å²) in [6, 6.07) is 3.78. The highest BCUT2D eigenvalue weighted by Gasteiger charge is 2.10. The summed E-state index contributed by atoms with van der Waals surface area (Å²) >= 11 is 6.94. The van der Waals surface area contributed by atoms with E-state index in [1.54, 1.807) is 0 Å². The van der Waals surface area contributed by atoms with Crippen LogP contribution < -0.4 is 14.8 Å². The summed E-state index contributed by atoms with van der Waals surface area (Å²) in [6.45, 7) is 5.02. The van der Waals surface area contributed by atoms with Crippen molar-refractivity contribution in [3.8, 4) is 11.5 Å². The number of benzene rings is 1. The van der Waals surface area contributed by atoms with E-state index in [2.05, 4.69) is 37.2 Å². The van der Waals surface area contributed by atoms with Gasteiger partial charge in [-0.1, -0.05) is 0 Å². The second-order valence-corrected chi connectivity index (χ2v) is 6.09. The van der Waals surface area contributed by atoms with Crippen LogP contribution in [-0.2, 0) is 9.47 Å². The van der Waals surface area contributed by atoms with E-state index in [1.165, 1.54) is 0 Å². The topological polar surface area (TPSA) is 49.0 Å². The van der Waals surface area contributed by atoms with Crippen LogP contribution in [0, 0.1) is 0 Å². The van der Waals surface area contributed by atoms with Crippen LogP contribution in [0.15, 0.2) is 21.1 Å². The van der Waals surface area contributed by atoms with Crippen molar-refractivity contribution in [2.24, 2.45) is 0 Å². The van der Waals surface area contributed by atoms with Crippen molar-refractivity contribution >= 4 is 31.9 Å². The molecule has 0 fully saturated rings. The molecule has 0 aliphatic carbocycles. The summed E-state index contributed by atoms with van der Waals surface area (Å²) in [5.74, 6) is 1.39. The highest BCUT2D eigenvalue weighted by atomic mass is 79.9. The summed E-state index contributed by atoms with van der Waals surface area (Å²) < 4.78 is 24.3. The standard InChI is InChI=1S/C14H19Br2NO4/c15-11-9-13-14(10-12(11)16)21-8-6-19-4-2-17-1-3-18-5-7-20-13/h9-10,17H,1-8H2. The average Bonchev–Trinajstić information content (AvgIpc) is 2.48. The normalized spacial score (nSPS) is 18.6. The molecule has 5 nitrogen and oxygen atoms in total. The SMILES string of the molecule is Brc1cc2c(cc1Br)OCCOCCNCCOCCO2. The maximum atomic E-state index is 5.74. The van der Waals surface area contributed by atoms with Gasteiger partial charge in [-0.15, -0.1) is 0 Å². The Morgan fingerprint density at radius 1 is 0.714 bits per heavy atom. The molecule has 1 aromatic rings. The lowest BCUT2D eigenvalue weighted by atomic mass is 10.3. The Balaban J connectivity index is 2.00. The van der Waals surface area contributed by atoms with Crippen LogP contribution in [0.5, 0.6) is 11.5 Å². The molecule has 7 heteroatoms. The molecule has 0 unspecified atom stereocenters. The molecule has 1 aliphatic rings. The second-order valence-electron chi connectivity index (χ2n) is 4.38. The Bertz CT molecular complexity index is 406. The van der Waals surface area contributed by atoms with Gasteiger partial charge in [-0.2, -0.15) is 0 Å². The van der Waals surface area contributed by atoms with Crippen LogP contribution >= 0.6 is 31.9 Å². The first-order valence-corrected chi connectivity index (χ1v) is 8.47. The molecule has 118 valence electrons. The zero-order chi connectivity index (χ0) is 14.9. The van der Waals surface area contributed by atoms with Gasteiger partial charge in [0.25, 0.3) is 0 Å². The first kappa shape index (κ1) is 17.0.